The Bertz CT molecular complexity index is 1150. The number of sulfone groups is 1. The van der Waals surface area contributed by atoms with Gasteiger partial charge in [-0.15, -0.1) is 0 Å². The minimum absolute atomic E-state index is 0.0499. The number of benzene rings is 1. The van der Waals surface area contributed by atoms with Crippen molar-refractivity contribution < 1.29 is 13.2 Å². The number of pyridine rings is 1. The maximum atomic E-state index is 13.0. The molecule has 1 amide bonds. The third-order valence-electron chi connectivity index (χ3n) is 4.74. The summed E-state index contributed by atoms with van der Waals surface area (Å²) in [6.45, 7) is 3.67. The molecule has 0 spiro atoms. The quantitative estimate of drug-likeness (QED) is 0.749. The number of hydrogen-bond donors (Lipinski definition) is 1. The summed E-state index contributed by atoms with van der Waals surface area (Å²) in [5.74, 6) is 0.448. The van der Waals surface area contributed by atoms with Gasteiger partial charge in [0.05, 0.1) is 34.3 Å². The van der Waals surface area contributed by atoms with Crippen molar-refractivity contribution in [2.24, 2.45) is 0 Å². The zero-order valence-corrected chi connectivity index (χ0v) is 16.0. The smallest absolute Gasteiger partial charge is 0.257 e. The van der Waals surface area contributed by atoms with E-state index in [0.29, 0.717) is 17.8 Å². The molecule has 7 nitrogen and oxygen atoms in total. The van der Waals surface area contributed by atoms with E-state index < -0.39 is 9.84 Å². The van der Waals surface area contributed by atoms with Gasteiger partial charge >= 0.3 is 0 Å². The van der Waals surface area contributed by atoms with E-state index in [4.69, 9.17) is 0 Å². The molecule has 1 saturated heterocycles. The average Bonchev–Trinajstić information content (AvgIpc) is 3.15. The normalized spacial score (nSPS) is 18.7. The molecule has 8 heteroatoms. The van der Waals surface area contributed by atoms with Gasteiger partial charge in [-0.1, -0.05) is 18.2 Å². The predicted octanol–water partition coefficient (Wildman–Crippen LogP) is 2.66. The van der Waals surface area contributed by atoms with Crippen LogP contribution in [0.4, 0.5) is 5.82 Å². The van der Waals surface area contributed by atoms with Crippen molar-refractivity contribution in [2.75, 3.05) is 16.8 Å². The lowest BCUT2D eigenvalue weighted by molar-refractivity contribution is 0.102. The molecule has 0 aliphatic carbocycles. The van der Waals surface area contributed by atoms with Crippen LogP contribution in [0.2, 0.25) is 0 Å². The molecular weight excluding hydrogens is 364 g/mol. The van der Waals surface area contributed by atoms with Gasteiger partial charge in [0.1, 0.15) is 5.82 Å². The van der Waals surface area contributed by atoms with Gasteiger partial charge in [-0.05, 0) is 32.4 Å². The Morgan fingerprint density at radius 2 is 1.96 bits per heavy atom. The Balaban J connectivity index is 1.69. The summed E-state index contributed by atoms with van der Waals surface area (Å²) in [4.78, 5) is 17.4. The van der Waals surface area contributed by atoms with Crippen LogP contribution in [0.3, 0.4) is 0 Å². The van der Waals surface area contributed by atoms with Gasteiger partial charge in [-0.3, -0.25) is 9.78 Å². The second-order valence-electron chi connectivity index (χ2n) is 6.95. The van der Waals surface area contributed by atoms with Crippen molar-refractivity contribution in [2.45, 2.75) is 26.3 Å². The Hall–Kier alpha value is -2.74. The Labute approximate surface area is 157 Å². The molecule has 1 aliphatic rings. The maximum absolute atomic E-state index is 13.0. The van der Waals surface area contributed by atoms with Crippen LogP contribution in [-0.4, -0.2) is 40.6 Å². The molecule has 3 aromatic rings. The van der Waals surface area contributed by atoms with Crippen molar-refractivity contribution in [3.63, 3.8) is 0 Å². The van der Waals surface area contributed by atoms with E-state index >= 15 is 0 Å². The summed E-state index contributed by atoms with van der Waals surface area (Å²) in [7, 11) is -3.05. The number of aryl methyl sites for hydroxylation is 2. The third-order valence-corrected chi connectivity index (χ3v) is 6.49. The molecular formula is C19H20N4O3S. The van der Waals surface area contributed by atoms with E-state index in [2.05, 4.69) is 15.4 Å². The fourth-order valence-electron chi connectivity index (χ4n) is 3.54. The number of fused-ring (bicyclic) bond motifs is 1. The minimum Gasteiger partial charge on any atom is -0.307 e. The predicted molar refractivity (Wildman–Crippen MR) is 104 cm³/mol. The average molecular weight is 384 g/mol. The van der Waals surface area contributed by atoms with Crippen LogP contribution < -0.4 is 5.32 Å². The zero-order chi connectivity index (χ0) is 19.2. The first-order valence-corrected chi connectivity index (χ1v) is 10.6. The van der Waals surface area contributed by atoms with Crippen molar-refractivity contribution >= 4 is 32.5 Å². The molecule has 0 bridgehead atoms. The summed E-state index contributed by atoms with van der Waals surface area (Å²) in [5, 5.41) is 8.09. The highest BCUT2D eigenvalue weighted by Gasteiger charge is 2.31. The second-order valence-corrected chi connectivity index (χ2v) is 9.18. The van der Waals surface area contributed by atoms with Crippen LogP contribution in [0.15, 0.2) is 36.4 Å². The Morgan fingerprint density at radius 1 is 1.19 bits per heavy atom. The van der Waals surface area contributed by atoms with Crippen LogP contribution in [0.25, 0.3) is 10.9 Å². The first-order valence-electron chi connectivity index (χ1n) is 8.77. The molecule has 1 aliphatic heterocycles. The molecule has 0 saturated carbocycles. The minimum atomic E-state index is -3.05. The fraction of sp³-hybridized carbons (Fsp3) is 0.316. The van der Waals surface area contributed by atoms with Crippen molar-refractivity contribution in [3.05, 3.63) is 53.3 Å². The van der Waals surface area contributed by atoms with Gasteiger partial charge in [-0.2, -0.15) is 5.10 Å². The summed E-state index contributed by atoms with van der Waals surface area (Å²) < 4.78 is 25.3. The molecule has 2 aromatic heterocycles. The van der Waals surface area contributed by atoms with E-state index in [-0.39, 0.29) is 23.5 Å². The number of amides is 1. The SMILES string of the molecule is Cc1cc(C(=O)Nc2cc(C)nn2C2CCS(=O)(=O)C2)c2ccccc2n1. The Morgan fingerprint density at radius 3 is 2.70 bits per heavy atom. The van der Waals surface area contributed by atoms with Gasteiger partial charge in [0.2, 0.25) is 0 Å². The van der Waals surface area contributed by atoms with Crippen LogP contribution in [-0.2, 0) is 9.84 Å². The van der Waals surface area contributed by atoms with E-state index in [0.717, 1.165) is 22.3 Å². The van der Waals surface area contributed by atoms with Crippen LogP contribution in [0.1, 0.15) is 34.2 Å². The van der Waals surface area contributed by atoms with Crippen LogP contribution >= 0.6 is 0 Å². The number of hydrogen-bond acceptors (Lipinski definition) is 5. The highest BCUT2D eigenvalue weighted by Crippen LogP contribution is 2.28. The number of carbonyl (C=O) groups excluding carboxylic acids is 1. The lowest BCUT2D eigenvalue weighted by Crippen LogP contribution is -2.20. The van der Waals surface area contributed by atoms with Gasteiger partial charge in [0.25, 0.3) is 5.91 Å². The lowest BCUT2D eigenvalue weighted by Gasteiger charge is -2.14. The van der Waals surface area contributed by atoms with Crippen molar-refractivity contribution in [3.8, 4) is 0 Å². The maximum Gasteiger partial charge on any atom is 0.257 e. The van der Waals surface area contributed by atoms with Gasteiger partial charge < -0.3 is 5.32 Å². The molecule has 140 valence electrons. The molecule has 27 heavy (non-hydrogen) atoms. The third kappa shape index (κ3) is 3.44. The molecule has 1 aromatic carbocycles. The van der Waals surface area contributed by atoms with E-state index in [1.807, 2.05) is 38.1 Å². The monoisotopic (exact) mass is 384 g/mol. The van der Waals surface area contributed by atoms with Gasteiger partial charge in [0.15, 0.2) is 9.84 Å². The summed E-state index contributed by atoms with van der Waals surface area (Å²) >= 11 is 0. The highest BCUT2D eigenvalue weighted by molar-refractivity contribution is 7.91. The molecule has 1 fully saturated rings. The number of nitrogens with one attached hydrogen (secondary N) is 1. The van der Waals surface area contributed by atoms with E-state index in [9.17, 15) is 13.2 Å². The molecule has 1 N–H and O–H groups in total. The van der Waals surface area contributed by atoms with Crippen molar-refractivity contribution in [1.29, 1.82) is 0 Å². The highest BCUT2D eigenvalue weighted by atomic mass is 32.2. The number of aromatic nitrogens is 3. The molecule has 4 rings (SSSR count). The number of carbonyl (C=O) groups is 1. The summed E-state index contributed by atoms with van der Waals surface area (Å²) in [6, 6.07) is 10.8. The topological polar surface area (TPSA) is 94.0 Å². The first kappa shape index (κ1) is 17.7. The summed E-state index contributed by atoms with van der Waals surface area (Å²) in [5.41, 5.74) is 2.77. The number of para-hydroxylation sites is 1. The van der Waals surface area contributed by atoms with E-state index in [1.165, 1.54) is 0 Å². The molecule has 1 unspecified atom stereocenters. The standard InChI is InChI=1S/C19H20N4O3S/c1-12-9-16(15-5-3-4-6-17(15)20-12)19(24)21-18-10-13(2)22-23(18)14-7-8-27(25,26)11-14/h3-6,9-10,14H,7-8,11H2,1-2H3,(H,21,24). The lowest BCUT2D eigenvalue weighted by atomic mass is 10.1. The summed E-state index contributed by atoms with van der Waals surface area (Å²) in [6.07, 6.45) is 0.504. The fourth-order valence-corrected chi connectivity index (χ4v) is 5.23. The molecule has 1 atom stereocenters. The number of anilines is 1. The van der Waals surface area contributed by atoms with E-state index in [1.54, 1.807) is 16.8 Å². The number of rotatable bonds is 3. The van der Waals surface area contributed by atoms with Crippen molar-refractivity contribution in [1.82, 2.24) is 14.8 Å². The van der Waals surface area contributed by atoms with Crippen LogP contribution in [0, 0.1) is 13.8 Å². The zero-order valence-electron chi connectivity index (χ0n) is 15.1. The van der Waals surface area contributed by atoms with Gasteiger partial charge in [-0.25, -0.2) is 13.1 Å². The molecule has 3 heterocycles. The molecule has 0 radical (unpaired) electrons. The second kappa shape index (κ2) is 6.45. The largest absolute Gasteiger partial charge is 0.307 e. The number of nitrogens with zero attached hydrogens (tertiary/aromatic N) is 3. The Kier molecular flexibility index (Phi) is 4.22. The first-order chi connectivity index (χ1) is 12.8. The van der Waals surface area contributed by atoms with Crippen LogP contribution in [0.5, 0.6) is 0 Å². The van der Waals surface area contributed by atoms with Gasteiger partial charge in [0, 0.05) is 17.1 Å².